The van der Waals surface area contributed by atoms with E-state index in [9.17, 15) is 9.47 Å². The van der Waals surface area contributed by atoms with Crippen molar-refractivity contribution < 1.29 is 4.21 Å². The first-order valence-electron chi connectivity index (χ1n) is 12.3. The molecule has 5 rings (SSSR count). The van der Waals surface area contributed by atoms with Crippen molar-refractivity contribution in [3.8, 4) is 6.07 Å². The number of anilines is 4. The molecular formula is C26H30N8OS. The Labute approximate surface area is 212 Å². The highest BCUT2D eigenvalue weighted by Gasteiger charge is 2.19. The van der Waals surface area contributed by atoms with Gasteiger partial charge in [0.1, 0.15) is 17.5 Å². The first-order chi connectivity index (χ1) is 17.4. The average Bonchev–Trinajstić information content (AvgIpc) is 3.29. The summed E-state index contributed by atoms with van der Waals surface area (Å²) in [5.74, 6) is 2.86. The topological polar surface area (TPSA) is 119 Å². The van der Waals surface area contributed by atoms with Crippen LogP contribution in [0.5, 0.6) is 0 Å². The van der Waals surface area contributed by atoms with Crippen LogP contribution in [0.3, 0.4) is 0 Å². The van der Waals surface area contributed by atoms with Gasteiger partial charge in [0.25, 0.3) is 0 Å². The van der Waals surface area contributed by atoms with Crippen molar-refractivity contribution in [1.82, 2.24) is 19.9 Å². The summed E-state index contributed by atoms with van der Waals surface area (Å²) in [6, 6.07) is 11.8. The summed E-state index contributed by atoms with van der Waals surface area (Å²) in [4.78, 5) is 15.7. The molecule has 2 aromatic heterocycles. The van der Waals surface area contributed by atoms with E-state index in [1.54, 1.807) is 18.2 Å². The summed E-state index contributed by atoms with van der Waals surface area (Å²) in [6.07, 6.45) is 5.38. The minimum atomic E-state index is -2.22. The highest BCUT2D eigenvalue weighted by Crippen LogP contribution is 2.29. The quantitative estimate of drug-likeness (QED) is 0.499. The average molecular weight is 503 g/mol. The minimum absolute atomic E-state index is 0.299. The van der Waals surface area contributed by atoms with Crippen LogP contribution < -0.4 is 10.6 Å². The van der Waals surface area contributed by atoms with Crippen molar-refractivity contribution in [2.24, 2.45) is 4.36 Å². The third kappa shape index (κ3) is 5.32. The predicted molar refractivity (Wildman–Crippen MR) is 143 cm³/mol. The number of pyridine rings is 1. The molecular weight excluding hydrogens is 472 g/mol. The Morgan fingerprint density at radius 2 is 2.03 bits per heavy atom. The van der Waals surface area contributed by atoms with Crippen LogP contribution in [0.15, 0.2) is 40.9 Å². The third-order valence-electron chi connectivity index (χ3n) is 6.58. The van der Waals surface area contributed by atoms with Gasteiger partial charge in [-0.05, 0) is 73.7 Å². The number of aromatic nitrogens is 3. The lowest BCUT2D eigenvalue weighted by Crippen LogP contribution is -2.27. The van der Waals surface area contributed by atoms with Gasteiger partial charge in [-0.3, -0.25) is 0 Å². The van der Waals surface area contributed by atoms with Crippen LogP contribution in [-0.2, 0) is 29.1 Å². The van der Waals surface area contributed by atoms with Gasteiger partial charge in [0.2, 0.25) is 5.95 Å². The van der Waals surface area contributed by atoms with Crippen LogP contribution in [0.4, 0.5) is 29.1 Å². The number of nitrogens with one attached hydrogen (secondary N) is 2. The predicted octanol–water partition coefficient (Wildman–Crippen LogP) is 4.67. The first kappa shape index (κ1) is 24.2. The Morgan fingerprint density at radius 3 is 2.81 bits per heavy atom. The van der Waals surface area contributed by atoms with Gasteiger partial charge in [0.15, 0.2) is 11.6 Å². The summed E-state index contributed by atoms with van der Waals surface area (Å²) in [6.45, 7) is 4.16. The molecule has 1 aromatic carbocycles. The first-order valence-corrected chi connectivity index (χ1v) is 14.1. The zero-order valence-electron chi connectivity index (χ0n) is 20.6. The fourth-order valence-corrected chi connectivity index (χ4v) is 6.89. The van der Waals surface area contributed by atoms with Gasteiger partial charge in [-0.2, -0.15) is 14.6 Å². The summed E-state index contributed by atoms with van der Waals surface area (Å²) in [7, 11) is -0.0853. The van der Waals surface area contributed by atoms with Gasteiger partial charge in [0.05, 0.1) is 15.9 Å². The highest BCUT2D eigenvalue weighted by atomic mass is 32.2. The molecule has 2 aliphatic heterocycles. The molecule has 36 heavy (non-hydrogen) atoms. The molecule has 2 N–H and O–H groups in total. The van der Waals surface area contributed by atoms with Crippen LogP contribution in [0.2, 0.25) is 0 Å². The summed E-state index contributed by atoms with van der Waals surface area (Å²) >= 11 is 0. The Bertz CT molecular complexity index is 1440. The van der Waals surface area contributed by atoms with Gasteiger partial charge in [-0.25, -0.2) is 14.2 Å². The monoisotopic (exact) mass is 502 g/mol. The number of benzene rings is 1. The maximum absolute atomic E-state index is 12.8. The van der Waals surface area contributed by atoms with Crippen molar-refractivity contribution in [3.05, 3.63) is 58.8 Å². The van der Waals surface area contributed by atoms with Crippen molar-refractivity contribution in [3.63, 3.8) is 0 Å². The Balaban J connectivity index is 1.41. The molecule has 0 aliphatic carbocycles. The lowest BCUT2D eigenvalue weighted by molar-refractivity contribution is 0.312. The third-order valence-corrected chi connectivity index (χ3v) is 8.96. The van der Waals surface area contributed by atoms with Crippen molar-refractivity contribution >= 4 is 38.8 Å². The molecule has 10 heteroatoms. The molecule has 0 atom stereocenters. The van der Waals surface area contributed by atoms with Crippen molar-refractivity contribution in [2.75, 3.05) is 35.7 Å². The lowest BCUT2D eigenvalue weighted by Gasteiger charge is -2.27. The SMILES string of the molecule is CCc1cc(Nc2ncc(C#N)c(Nc3cccc(N=S4(=O)CCCC4)n3)n2)cc2c1CCN(C)C2. The zero-order valence-corrected chi connectivity index (χ0v) is 21.4. The van der Waals surface area contributed by atoms with E-state index in [0.717, 1.165) is 44.5 Å². The second-order valence-corrected chi connectivity index (χ2v) is 11.8. The largest absolute Gasteiger partial charge is 0.324 e. The Hall–Kier alpha value is -3.55. The fourth-order valence-electron chi connectivity index (χ4n) is 4.75. The number of aryl methyl sites for hydroxylation is 1. The number of nitriles is 1. The highest BCUT2D eigenvalue weighted by molar-refractivity contribution is 7.93. The lowest BCUT2D eigenvalue weighted by atomic mass is 9.92. The Morgan fingerprint density at radius 1 is 1.19 bits per heavy atom. The van der Waals surface area contributed by atoms with E-state index in [1.807, 2.05) is 0 Å². The standard InChI is InChI=1S/C26H30N8OS/c1-3-18-13-21(14-19-17-34(2)10-9-22(18)19)29-26-28-16-20(15-27)25(32-26)31-23-7-6-8-24(30-23)33-36(35)11-4-5-12-36/h6-8,13-14,16H,3-5,9-12,17H2,1-2H3,(H2,28,29,30,31,32). The van der Waals surface area contributed by atoms with Crippen LogP contribution in [0, 0.1) is 11.3 Å². The van der Waals surface area contributed by atoms with Gasteiger partial charge < -0.3 is 15.5 Å². The van der Waals surface area contributed by atoms with Crippen LogP contribution in [0.25, 0.3) is 0 Å². The number of rotatable bonds is 6. The van der Waals surface area contributed by atoms with E-state index < -0.39 is 9.73 Å². The molecule has 186 valence electrons. The van der Waals surface area contributed by atoms with Crippen molar-refractivity contribution in [1.29, 1.82) is 5.26 Å². The summed E-state index contributed by atoms with van der Waals surface area (Å²) < 4.78 is 17.2. The van der Waals surface area contributed by atoms with E-state index in [4.69, 9.17) is 0 Å². The second-order valence-electron chi connectivity index (χ2n) is 9.29. The van der Waals surface area contributed by atoms with Crippen LogP contribution in [0.1, 0.15) is 42.0 Å². The van der Waals surface area contributed by atoms with Gasteiger partial charge in [-0.15, -0.1) is 0 Å². The number of hydrogen-bond donors (Lipinski definition) is 2. The minimum Gasteiger partial charge on any atom is -0.324 e. The maximum atomic E-state index is 12.8. The van der Waals surface area contributed by atoms with Gasteiger partial charge >= 0.3 is 0 Å². The molecule has 0 amide bonds. The molecule has 2 aliphatic rings. The normalized spacial score (nSPS) is 16.7. The molecule has 0 unspecified atom stereocenters. The van der Waals surface area contributed by atoms with Crippen LogP contribution >= 0.6 is 0 Å². The van der Waals surface area contributed by atoms with E-state index >= 15 is 0 Å². The number of nitrogens with zero attached hydrogens (tertiary/aromatic N) is 6. The summed E-state index contributed by atoms with van der Waals surface area (Å²) in [5.41, 5.74) is 5.33. The number of hydrogen-bond acceptors (Lipinski definition) is 9. The molecule has 0 radical (unpaired) electrons. The molecule has 3 aromatic rings. The Kier molecular flexibility index (Phi) is 6.85. The van der Waals surface area contributed by atoms with Crippen molar-refractivity contribution in [2.45, 2.75) is 39.2 Å². The number of likely N-dealkylation sites (N-methyl/N-ethyl adjacent to an activating group) is 1. The molecule has 0 saturated carbocycles. The molecule has 4 heterocycles. The van der Waals surface area contributed by atoms with Gasteiger partial charge in [-0.1, -0.05) is 13.0 Å². The molecule has 9 nitrogen and oxygen atoms in total. The van der Waals surface area contributed by atoms with E-state index in [2.05, 4.69) is 67.0 Å². The molecule has 1 saturated heterocycles. The maximum Gasteiger partial charge on any atom is 0.229 e. The summed E-state index contributed by atoms with van der Waals surface area (Å²) in [5, 5.41) is 16.0. The smallest absolute Gasteiger partial charge is 0.229 e. The fraction of sp³-hybridized carbons (Fsp3) is 0.385. The van der Waals surface area contributed by atoms with Crippen LogP contribution in [-0.4, -0.2) is 49.2 Å². The van der Waals surface area contributed by atoms with E-state index in [0.29, 0.717) is 40.5 Å². The number of fused-ring (bicyclic) bond motifs is 1. The molecule has 1 fully saturated rings. The zero-order chi connectivity index (χ0) is 25.1. The van der Waals surface area contributed by atoms with Gasteiger partial charge in [0, 0.05) is 30.3 Å². The molecule has 0 bridgehead atoms. The second kappa shape index (κ2) is 10.2. The molecule has 0 spiro atoms. The van der Waals surface area contributed by atoms with E-state index in [-0.39, 0.29) is 0 Å². The van der Waals surface area contributed by atoms with E-state index in [1.165, 1.54) is 22.9 Å².